The topological polar surface area (TPSA) is 98.7 Å². The molecule has 0 aliphatic carbocycles. The van der Waals surface area contributed by atoms with Crippen molar-refractivity contribution in [1.29, 1.82) is 0 Å². The molecule has 4 N–H and O–H groups in total. The third-order valence-corrected chi connectivity index (χ3v) is 2.09. The fourth-order valence-electron chi connectivity index (χ4n) is 0.806. The standard InChI is InChI=1S/C9H18N2O4/c1-3-6(2)4-10-9(15)11-7(5-12)8(13)14/h6-7,12H,3-5H2,1-2H3,(H,13,14)(H2,10,11,15)/t6?,7-/m1/s1. The molecule has 0 spiro atoms. The predicted octanol–water partition coefficient (Wildman–Crippen LogP) is -0.223. The largest absolute Gasteiger partial charge is 0.480 e. The molecule has 0 aliphatic rings. The van der Waals surface area contributed by atoms with Gasteiger partial charge in [-0.1, -0.05) is 20.3 Å². The molecule has 88 valence electrons. The molecule has 6 heteroatoms. The molecule has 0 bridgehead atoms. The lowest BCUT2D eigenvalue weighted by atomic mass is 10.1. The van der Waals surface area contributed by atoms with Crippen LogP contribution >= 0.6 is 0 Å². The summed E-state index contributed by atoms with van der Waals surface area (Å²) in [5, 5.41) is 21.9. The summed E-state index contributed by atoms with van der Waals surface area (Å²) in [6, 6.07) is -1.82. The zero-order valence-electron chi connectivity index (χ0n) is 8.99. The number of rotatable bonds is 6. The van der Waals surface area contributed by atoms with E-state index in [4.69, 9.17) is 10.2 Å². The van der Waals surface area contributed by atoms with E-state index in [1.54, 1.807) is 0 Å². The molecular formula is C9H18N2O4. The molecule has 15 heavy (non-hydrogen) atoms. The Labute approximate surface area is 88.7 Å². The molecule has 0 fully saturated rings. The minimum Gasteiger partial charge on any atom is -0.480 e. The normalized spacial score (nSPS) is 14.1. The third-order valence-electron chi connectivity index (χ3n) is 2.09. The minimum absolute atomic E-state index is 0.341. The summed E-state index contributed by atoms with van der Waals surface area (Å²) < 4.78 is 0. The number of hydrogen-bond donors (Lipinski definition) is 4. The highest BCUT2D eigenvalue weighted by Gasteiger charge is 2.18. The predicted molar refractivity (Wildman–Crippen MR) is 54.5 cm³/mol. The number of hydrogen-bond acceptors (Lipinski definition) is 3. The first-order chi connectivity index (χ1) is 7.01. The van der Waals surface area contributed by atoms with Crippen molar-refractivity contribution in [2.75, 3.05) is 13.2 Å². The van der Waals surface area contributed by atoms with Crippen LogP contribution in [0.2, 0.25) is 0 Å². The van der Waals surface area contributed by atoms with Crippen LogP contribution in [0.1, 0.15) is 20.3 Å². The molecule has 0 saturated heterocycles. The Balaban J connectivity index is 3.86. The number of carboxylic acids is 1. The molecule has 2 amide bonds. The average Bonchev–Trinajstić information content (AvgIpc) is 2.21. The van der Waals surface area contributed by atoms with E-state index in [1.165, 1.54) is 0 Å². The van der Waals surface area contributed by atoms with E-state index in [9.17, 15) is 9.59 Å². The van der Waals surface area contributed by atoms with Crippen molar-refractivity contribution in [2.24, 2.45) is 5.92 Å². The highest BCUT2D eigenvalue weighted by Crippen LogP contribution is 1.96. The van der Waals surface area contributed by atoms with Crippen LogP contribution in [0.15, 0.2) is 0 Å². The van der Waals surface area contributed by atoms with Gasteiger partial charge in [0, 0.05) is 6.54 Å². The van der Waals surface area contributed by atoms with Crippen molar-refractivity contribution < 1.29 is 19.8 Å². The lowest BCUT2D eigenvalue weighted by Crippen LogP contribution is -2.48. The molecule has 0 rings (SSSR count). The van der Waals surface area contributed by atoms with Crippen LogP contribution in [0, 0.1) is 5.92 Å². The second-order valence-electron chi connectivity index (χ2n) is 3.44. The van der Waals surface area contributed by atoms with Gasteiger partial charge in [-0.15, -0.1) is 0 Å². The first-order valence-corrected chi connectivity index (χ1v) is 4.89. The number of amides is 2. The molecule has 0 aromatic carbocycles. The van der Waals surface area contributed by atoms with Gasteiger partial charge in [-0.25, -0.2) is 9.59 Å². The Morgan fingerprint density at radius 2 is 2.00 bits per heavy atom. The van der Waals surface area contributed by atoms with E-state index in [1.807, 2.05) is 13.8 Å². The number of nitrogens with one attached hydrogen (secondary N) is 2. The van der Waals surface area contributed by atoms with E-state index in [0.29, 0.717) is 12.5 Å². The molecule has 2 atom stereocenters. The van der Waals surface area contributed by atoms with Crippen LogP contribution in [-0.2, 0) is 4.79 Å². The van der Waals surface area contributed by atoms with E-state index >= 15 is 0 Å². The van der Waals surface area contributed by atoms with E-state index in [-0.39, 0.29) is 0 Å². The molecule has 6 nitrogen and oxygen atoms in total. The maximum atomic E-state index is 11.1. The van der Waals surface area contributed by atoms with E-state index in [2.05, 4.69) is 10.6 Å². The molecule has 0 heterocycles. The Kier molecular flexibility index (Phi) is 6.44. The third kappa shape index (κ3) is 5.90. The summed E-state index contributed by atoms with van der Waals surface area (Å²) in [7, 11) is 0. The minimum atomic E-state index is -1.25. The van der Waals surface area contributed by atoms with Gasteiger partial charge in [0.1, 0.15) is 0 Å². The van der Waals surface area contributed by atoms with Crippen LogP contribution in [0.5, 0.6) is 0 Å². The van der Waals surface area contributed by atoms with Crippen LogP contribution in [0.4, 0.5) is 4.79 Å². The van der Waals surface area contributed by atoms with Crippen molar-refractivity contribution >= 4 is 12.0 Å². The highest BCUT2D eigenvalue weighted by atomic mass is 16.4. The van der Waals surface area contributed by atoms with Crippen molar-refractivity contribution in [3.05, 3.63) is 0 Å². The summed E-state index contributed by atoms with van der Waals surface area (Å²) in [5.74, 6) is -0.913. The number of carbonyl (C=O) groups is 2. The van der Waals surface area contributed by atoms with Gasteiger partial charge in [0.15, 0.2) is 6.04 Å². The van der Waals surface area contributed by atoms with E-state index < -0.39 is 24.6 Å². The summed E-state index contributed by atoms with van der Waals surface area (Å²) >= 11 is 0. The molecule has 0 aromatic rings. The molecule has 0 aromatic heterocycles. The first kappa shape index (κ1) is 13.7. The zero-order chi connectivity index (χ0) is 11.8. The number of urea groups is 1. The second kappa shape index (κ2) is 7.05. The quantitative estimate of drug-likeness (QED) is 0.495. The van der Waals surface area contributed by atoms with Gasteiger partial charge in [-0.3, -0.25) is 0 Å². The molecular weight excluding hydrogens is 200 g/mol. The monoisotopic (exact) mass is 218 g/mol. The number of carbonyl (C=O) groups excluding carboxylic acids is 1. The van der Waals surface area contributed by atoms with Crippen LogP contribution in [0.3, 0.4) is 0 Å². The lowest BCUT2D eigenvalue weighted by molar-refractivity contribution is -0.140. The fourth-order valence-corrected chi connectivity index (χ4v) is 0.806. The van der Waals surface area contributed by atoms with Crippen molar-refractivity contribution in [3.63, 3.8) is 0 Å². The van der Waals surface area contributed by atoms with Gasteiger partial charge in [-0.2, -0.15) is 0 Å². The van der Waals surface area contributed by atoms with Crippen molar-refractivity contribution in [3.8, 4) is 0 Å². The fraction of sp³-hybridized carbons (Fsp3) is 0.778. The smallest absolute Gasteiger partial charge is 0.328 e. The maximum Gasteiger partial charge on any atom is 0.328 e. The van der Waals surface area contributed by atoms with Gasteiger partial charge >= 0.3 is 12.0 Å². The van der Waals surface area contributed by atoms with Crippen molar-refractivity contribution in [2.45, 2.75) is 26.3 Å². The summed E-state index contributed by atoms with van der Waals surface area (Å²) in [4.78, 5) is 21.6. The highest BCUT2D eigenvalue weighted by molar-refractivity contribution is 5.82. The van der Waals surface area contributed by atoms with Gasteiger partial charge < -0.3 is 20.8 Å². The molecule has 1 unspecified atom stereocenters. The Morgan fingerprint density at radius 1 is 1.40 bits per heavy atom. The van der Waals surface area contributed by atoms with Crippen LogP contribution in [-0.4, -0.2) is 41.4 Å². The summed E-state index contributed by atoms with van der Waals surface area (Å²) in [5.41, 5.74) is 0. The molecule has 0 radical (unpaired) electrons. The number of aliphatic hydroxyl groups is 1. The number of carboxylic acid groups (broad SMARTS) is 1. The van der Waals surface area contributed by atoms with Crippen molar-refractivity contribution in [1.82, 2.24) is 10.6 Å². The van der Waals surface area contributed by atoms with Gasteiger partial charge in [0.2, 0.25) is 0 Å². The zero-order valence-corrected chi connectivity index (χ0v) is 8.99. The van der Waals surface area contributed by atoms with Crippen LogP contribution < -0.4 is 10.6 Å². The van der Waals surface area contributed by atoms with Gasteiger partial charge in [0.25, 0.3) is 0 Å². The Hall–Kier alpha value is -1.30. The van der Waals surface area contributed by atoms with Gasteiger partial charge in [0.05, 0.1) is 6.61 Å². The number of aliphatic carboxylic acids is 1. The average molecular weight is 218 g/mol. The molecule has 0 saturated carbocycles. The maximum absolute atomic E-state index is 11.1. The van der Waals surface area contributed by atoms with Crippen LogP contribution in [0.25, 0.3) is 0 Å². The second-order valence-corrected chi connectivity index (χ2v) is 3.44. The first-order valence-electron chi connectivity index (χ1n) is 4.89. The van der Waals surface area contributed by atoms with Gasteiger partial charge in [-0.05, 0) is 5.92 Å². The Bertz CT molecular complexity index is 220. The summed E-state index contributed by atoms with van der Waals surface area (Å²) in [6.45, 7) is 3.84. The SMILES string of the molecule is CCC(C)CNC(=O)N[C@H](CO)C(=O)O. The van der Waals surface area contributed by atoms with E-state index in [0.717, 1.165) is 6.42 Å². The molecule has 0 aliphatic heterocycles. The summed E-state index contributed by atoms with van der Waals surface area (Å²) in [6.07, 6.45) is 0.933. The lowest BCUT2D eigenvalue weighted by Gasteiger charge is -2.14. The number of aliphatic hydroxyl groups excluding tert-OH is 1. The Morgan fingerprint density at radius 3 is 2.40 bits per heavy atom.